The molecule has 0 aliphatic carbocycles. The van der Waals surface area contributed by atoms with E-state index in [2.05, 4.69) is 58.1 Å². The molecule has 7 heteroatoms. The first kappa shape index (κ1) is 13.2. The zero-order valence-electron chi connectivity index (χ0n) is 8.86. The van der Waals surface area contributed by atoms with Crippen molar-refractivity contribution in [2.24, 2.45) is 12.8 Å². The van der Waals surface area contributed by atoms with Crippen molar-refractivity contribution in [1.82, 2.24) is 15.0 Å². The Labute approximate surface area is 124 Å². The van der Waals surface area contributed by atoms with Gasteiger partial charge in [-0.25, -0.2) is 4.68 Å². The van der Waals surface area contributed by atoms with Gasteiger partial charge in [0.25, 0.3) is 0 Å². The van der Waals surface area contributed by atoms with Crippen molar-refractivity contribution >= 4 is 47.8 Å². The van der Waals surface area contributed by atoms with Crippen LogP contribution in [0.4, 0.5) is 0 Å². The van der Waals surface area contributed by atoms with Crippen LogP contribution in [-0.2, 0) is 7.05 Å². The highest BCUT2D eigenvalue weighted by Crippen LogP contribution is 2.31. The van der Waals surface area contributed by atoms with Gasteiger partial charge in [0.1, 0.15) is 0 Å². The van der Waals surface area contributed by atoms with Crippen molar-refractivity contribution in [3.05, 3.63) is 43.0 Å². The summed E-state index contributed by atoms with van der Waals surface area (Å²) in [5.74, 6) is 0. The molecule has 90 valence electrons. The predicted octanol–water partition coefficient (Wildman–Crippen LogP) is 3.15. The van der Waals surface area contributed by atoms with Crippen LogP contribution in [0.25, 0.3) is 0 Å². The van der Waals surface area contributed by atoms with E-state index in [9.17, 15) is 0 Å². The summed E-state index contributed by atoms with van der Waals surface area (Å²) in [5, 5.41) is 7.87. The largest absolute Gasteiger partial charge is 0.319 e. The van der Waals surface area contributed by atoms with Gasteiger partial charge in [-0.05, 0) is 39.7 Å². The Hall–Kier alpha value is -0.240. The van der Waals surface area contributed by atoms with E-state index in [1.165, 1.54) is 0 Å². The standard InChI is InChI=1S/C10H9Br3N4/c1-17-9(10(13)15-16-17)8(14)6-4-5(11)2-3-7(6)12/h2-4,8H,14H2,1H3. The summed E-state index contributed by atoms with van der Waals surface area (Å²) < 4.78 is 4.28. The van der Waals surface area contributed by atoms with Crippen molar-refractivity contribution < 1.29 is 0 Å². The zero-order chi connectivity index (χ0) is 12.6. The smallest absolute Gasteiger partial charge is 0.153 e. The summed E-state index contributed by atoms with van der Waals surface area (Å²) in [4.78, 5) is 0. The molecule has 0 saturated heterocycles. The molecule has 4 nitrogen and oxygen atoms in total. The third-order valence-electron chi connectivity index (χ3n) is 2.41. The van der Waals surface area contributed by atoms with Crippen LogP contribution in [0.15, 0.2) is 31.7 Å². The number of nitrogens with zero attached hydrogens (tertiary/aromatic N) is 3. The Morgan fingerprint density at radius 1 is 1.29 bits per heavy atom. The van der Waals surface area contributed by atoms with Crippen LogP contribution in [0.2, 0.25) is 0 Å². The van der Waals surface area contributed by atoms with Crippen LogP contribution < -0.4 is 5.73 Å². The molecule has 0 fully saturated rings. The Morgan fingerprint density at radius 3 is 2.59 bits per heavy atom. The van der Waals surface area contributed by atoms with Crippen LogP contribution in [-0.4, -0.2) is 15.0 Å². The van der Waals surface area contributed by atoms with Crippen LogP contribution in [0.5, 0.6) is 0 Å². The fourth-order valence-corrected chi connectivity index (χ4v) is 3.02. The Balaban J connectivity index is 2.50. The van der Waals surface area contributed by atoms with Gasteiger partial charge in [-0.1, -0.05) is 37.1 Å². The lowest BCUT2D eigenvalue weighted by Gasteiger charge is -2.14. The third-order valence-corrected chi connectivity index (χ3v) is 4.19. The monoisotopic (exact) mass is 422 g/mol. The number of halogens is 3. The lowest BCUT2D eigenvalue weighted by molar-refractivity contribution is 0.650. The molecule has 17 heavy (non-hydrogen) atoms. The number of benzene rings is 1. The molecule has 1 heterocycles. The average molecular weight is 425 g/mol. The number of aromatic nitrogens is 3. The maximum atomic E-state index is 6.25. The van der Waals surface area contributed by atoms with E-state index < -0.39 is 0 Å². The maximum Gasteiger partial charge on any atom is 0.153 e. The molecule has 1 aromatic carbocycles. The lowest BCUT2D eigenvalue weighted by Crippen LogP contribution is -2.17. The SMILES string of the molecule is Cn1nnc(Br)c1C(N)c1cc(Br)ccc1Br. The van der Waals surface area contributed by atoms with E-state index in [4.69, 9.17) is 5.73 Å². The molecule has 0 amide bonds. The van der Waals surface area contributed by atoms with Gasteiger partial charge in [-0.15, -0.1) is 5.10 Å². The van der Waals surface area contributed by atoms with Crippen molar-refractivity contribution in [3.8, 4) is 0 Å². The predicted molar refractivity (Wildman–Crippen MR) is 76.6 cm³/mol. The Kier molecular flexibility index (Phi) is 4.02. The third kappa shape index (κ3) is 2.62. The summed E-state index contributed by atoms with van der Waals surface area (Å²) in [7, 11) is 1.82. The average Bonchev–Trinajstić information content (AvgIpc) is 2.61. The number of hydrogen-bond acceptors (Lipinski definition) is 3. The highest BCUT2D eigenvalue weighted by Gasteiger charge is 2.20. The molecule has 0 saturated carbocycles. The molecule has 1 atom stereocenters. The van der Waals surface area contributed by atoms with Crippen LogP contribution >= 0.6 is 47.8 Å². The topological polar surface area (TPSA) is 56.7 Å². The molecule has 2 aromatic rings. The van der Waals surface area contributed by atoms with Crippen LogP contribution in [0, 0.1) is 0 Å². The fraction of sp³-hybridized carbons (Fsp3) is 0.200. The molecule has 0 aliphatic heterocycles. The summed E-state index contributed by atoms with van der Waals surface area (Å²) >= 11 is 10.3. The first-order valence-corrected chi connectivity index (χ1v) is 7.14. The van der Waals surface area contributed by atoms with Crippen molar-refractivity contribution in [2.45, 2.75) is 6.04 Å². The van der Waals surface area contributed by atoms with E-state index in [0.29, 0.717) is 4.60 Å². The van der Waals surface area contributed by atoms with Gasteiger partial charge < -0.3 is 5.73 Å². The van der Waals surface area contributed by atoms with Crippen molar-refractivity contribution in [1.29, 1.82) is 0 Å². The van der Waals surface area contributed by atoms with E-state index in [1.54, 1.807) is 4.68 Å². The minimum atomic E-state index is -0.295. The maximum absolute atomic E-state index is 6.25. The number of nitrogens with two attached hydrogens (primary N) is 1. The van der Waals surface area contributed by atoms with E-state index >= 15 is 0 Å². The summed E-state index contributed by atoms with van der Waals surface area (Å²) in [6.45, 7) is 0. The van der Waals surface area contributed by atoms with Gasteiger partial charge in [-0.3, -0.25) is 0 Å². The second-order valence-corrected chi connectivity index (χ2v) is 6.05. The second-order valence-electron chi connectivity index (χ2n) is 3.53. The van der Waals surface area contributed by atoms with E-state index in [-0.39, 0.29) is 6.04 Å². The molecule has 0 spiro atoms. The molecule has 0 bridgehead atoms. The number of rotatable bonds is 2. The lowest BCUT2D eigenvalue weighted by atomic mass is 10.1. The number of aryl methyl sites for hydroxylation is 1. The first-order chi connectivity index (χ1) is 8.00. The highest BCUT2D eigenvalue weighted by molar-refractivity contribution is 9.11. The molecular weight excluding hydrogens is 416 g/mol. The van der Waals surface area contributed by atoms with Crippen molar-refractivity contribution in [3.63, 3.8) is 0 Å². The molecule has 1 aromatic heterocycles. The molecule has 2 rings (SSSR count). The van der Waals surface area contributed by atoms with Crippen LogP contribution in [0.3, 0.4) is 0 Å². The van der Waals surface area contributed by atoms with Gasteiger partial charge in [0.15, 0.2) is 4.60 Å². The van der Waals surface area contributed by atoms with Crippen LogP contribution in [0.1, 0.15) is 17.3 Å². The molecule has 1 unspecified atom stereocenters. The number of hydrogen-bond donors (Lipinski definition) is 1. The summed E-state index contributed by atoms with van der Waals surface area (Å²) in [6.07, 6.45) is 0. The summed E-state index contributed by atoms with van der Waals surface area (Å²) in [6, 6.07) is 5.60. The zero-order valence-corrected chi connectivity index (χ0v) is 13.6. The fourth-order valence-electron chi connectivity index (χ4n) is 1.57. The molecule has 0 radical (unpaired) electrons. The first-order valence-electron chi connectivity index (χ1n) is 4.76. The van der Waals surface area contributed by atoms with Gasteiger partial charge in [0, 0.05) is 16.0 Å². The second kappa shape index (κ2) is 5.17. The quantitative estimate of drug-likeness (QED) is 0.805. The van der Waals surface area contributed by atoms with E-state index in [1.807, 2.05) is 25.2 Å². The summed E-state index contributed by atoms with van der Waals surface area (Å²) in [5.41, 5.74) is 8.06. The molecular formula is C10H9Br3N4. The van der Waals surface area contributed by atoms with Crippen molar-refractivity contribution in [2.75, 3.05) is 0 Å². The normalized spacial score (nSPS) is 12.8. The molecule has 0 aliphatic rings. The van der Waals surface area contributed by atoms with Gasteiger partial charge >= 0.3 is 0 Å². The minimum absolute atomic E-state index is 0.295. The van der Waals surface area contributed by atoms with E-state index in [0.717, 1.165) is 20.2 Å². The van der Waals surface area contributed by atoms with Gasteiger partial charge in [-0.2, -0.15) is 0 Å². The Morgan fingerprint density at radius 2 is 2.00 bits per heavy atom. The molecule has 2 N–H and O–H groups in total. The Bertz CT molecular complexity index is 533. The van der Waals surface area contributed by atoms with Gasteiger partial charge in [0.05, 0.1) is 11.7 Å². The van der Waals surface area contributed by atoms with Gasteiger partial charge in [0.2, 0.25) is 0 Å². The highest BCUT2D eigenvalue weighted by atomic mass is 79.9. The minimum Gasteiger partial charge on any atom is -0.319 e.